The molecule has 186 valence electrons. The summed E-state index contributed by atoms with van der Waals surface area (Å²) in [6.45, 7) is 10.7. The summed E-state index contributed by atoms with van der Waals surface area (Å²) < 4.78 is 45.3. The lowest BCUT2D eigenvalue weighted by atomic mass is 9.76. The van der Waals surface area contributed by atoms with Gasteiger partial charge in [0, 0.05) is 6.42 Å². The summed E-state index contributed by atoms with van der Waals surface area (Å²) >= 11 is 0. The van der Waals surface area contributed by atoms with Crippen LogP contribution in [0.3, 0.4) is 0 Å². The van der Waals surface area contributed by atoms with Crippen LogP contribution >= 0.6 is 0 Å². The fraction of sp³-hybridized carbons (Fsp3) is 0.640. The lowest BCUT2D eigenvalue weighted by Crippen LogP contribution is -2.44. The molecule has 0 spiro atoms. The number of carboxylic acid groups (broad SMARTS) is 1. The zero-order chi connectivity index (χ0) is 25.1. The normalized spacial score (nSPS) is 23.6. The van der Waals surface area contributed by atoms with Crippen LogP contribution in [0.15, 0.2) is 36.4 Å². The molecule has 3 unspecified atom stereocenters. The molecule has 0 bridgehead atoms. The Morgan fingerprint density at radius 3 is 2.36 bits per heavy atom. The van der Waals surface area contributed by atoms with Crippen LogP contribution in [-0.4, -0.2) is 36.2 Å². The first kappa shape index (κ1) is 27.6. The van der Waals surface area contributed by atoms with Gasteiger partial charge in [-0.3, -0.25) is 4.79 Å². The van der Waals surface area contributed by atoms with E-state index in [2.05, 4.69) is 33.9 Å². The Kier molecular flexibility index (Phi) is 8.63. The van der Waals surface area contributed by atoms with Gasteiger partial charge in [-0.15, -0.1) is 0 Å². The van der Waals surface area contributed by atoms with E-state index in [-0.39, 0.29) is 23.5 Å². The topological polar surface area (TPSA) is 66.8 Å². The van der Waals surface area contributed by atoms with E-state index in [1.165, 1.54) is 12.1 Å². The van der Waals surface area contributed by atoms with E-state index in [1.807, 2.05) is 12.2 Å². The fourth-order valence-corrected chi connectivity index (χ4v) is 5.31. The van der Waals surface area contributed by atoms with Crippen molar-refractivity contribution in [3.8, 4) is 0 Å². The van der Waals surface area contributed by atoms with Crippen molar-refractivity contribution in [3.05, 3.63) is 47.5 Å². The van der Waals surface area contributed by atoms with E-state index in [0.29, 0.717) is 19.3 Å². The molecule has 1 aromatic rings. The van der Waals surface area contributed by atoms with E-state index in [0.717, 1.165) is 30.5 Å². The molecule has 2 rings (SSSR count). The van der Waals surface area contributed by atoms with Crippen molar-refractivity contribution in [2.24, 2.45) is 5.92 Å². The third-order valence-corrected chi connectivity index (χ3v) is 11.4. The number of aliphatic carboxylic acids is 1. The molecule has 8 heteroatoms. The van der Waals surface area contributed by atoms with Gasteiger partial charge in [-0.1, -0.05) is 45.1 Å². The molecule has 1 fully saturated rings. The van der Waals surface area contributed by atoms with Crippen LogP contribution in [0.25, 0.3) is 0 Å². The van der Waals surface area contributed by atoms with E-state index < -0.39 is 31.6 Å². The predicted molar refractivity (Wildman–Crippen MR) is 126 cm³/mol. The molecule has 4 nitrogen and oxygen atoms in total. The van der Waals surface area contributed by atoms with Crippen LogP contribution in [0.5, 0.6) is 0 Å². The number of aliphatic hydroxyl groups is 1. The average Bonchev–Trinajstić information content (AvgIpc) is 2.64. The van der Waals surface area contributed by atoms with Gasteiger partial charge >= 0.3 is 12.1 Å². The minimum atomic E-state index is -4.37. The van der Waals surface area contributed by atoms with Crippen molar-refractivity contribution in [2.45, 2.75) is 95.3 Å². The Morgan fingerprint density at radius 1 is 1.24 bits per heavy atom. The van der Waals surface area contributed by atoms with Crippen molar-refractivity contribution in [2.75, 3.05) is 0 Å². The molecule has 33 heavy (non-hydrogen) atoms. The van der Waals surface area contributed by atoms with Crippen LogP contribution in [0.1, 0.15) is 64.0 Å². The molecule has 0 aromatic heterocycles. The van der Waals surface area contributed by atoms with Crippen LogP contribution in [-0.2, 0) is 21.8 Å². The van der Waals surface area contributed by atoms with Crippen LogP contribution < -0.4 is 0 Å². The fourth-order valence-electron chi connectivity index (χ4n) is 4.04. The van der Waals surface area contributed by atoms with Crippen LogP contribution in [0, 0.1) is 5.92 Å². The van der Waals surface area contributed by atoms with Crippen molar-refractivity contribution in [3.63, 3.8) is 0 Å². The molecule has 1 aliphatic carbocycles. The number of carboxylic acids is 1. The Bertz CT molecular complexity index is 828. The zero-order valence-electron chi connectivity index (χ0n) is 20.2. The van der Waals surface area contributed by atoms with E-state index in [4.69, 9.17) is 9.53 Å². The van der Waals surface area contributed by atoms with Gasteiger partial charge in [-0.25, -0.2) is 0 Å². The largest absolute Gasteiger partial charge is 0.481 e. The predicted octanol–water partition coefficient (Wildman–Crippen LogP) is 6.59. The molecule has 1 aliphatic rings. The van der Waals surface area contributed by atoms with Gasteiger partial charge in [0.15, 0.2) is 8.32 Å². The van der Waals surface area contributed by atoms with Gasteiger partial charge in [0.2, 0.25) is 0 Å². The summed E-state index contributed by atoms with van der Waals surface area (Å²) in [5.41, 5.74) is -1.13. The van der Waals surface area contributed by atoms with Crippen LogP contribution in [0.4, 0.5) is 13.2 Å². The Morgan fingerprint density at radius 2 is 1.85 bits per heavy atom. The highest BCUT2D eigenvalue weighted by Crippen LogP contribution is 2.39. The summed E-state index contributed by atoms with van der Waals surface area (Å²) in [4.78, 5) is 11.1. The third-order valence-electron chi connectivity index (χ3n) is 6.91. The second-order valence-electron chi connectivity index (χ2n) is 10.9. The summed E-state index contributed by atoms with van der Waals surface area (Å²) in [5, 5.41) is 19.7. The number of carbonyl (C=O) groups is 1. The molecular formula is C25H37F3O4Si. The Balaban J connectivity index is 2.21. The maximum absolute atomic E-state index is 12.9. The monoisotopic (exact) mass is 486 g/mol. The number of hydrogen-bond acceptors (Lipinski definition) is 3. The van der Waals surface area contributed by atoms with Crippen molar-refractivity contribution >= 4 is 14.3 Å². The SMILES string of the molecule is CC(C)(C)[Si](C)(C)OC(/C=C/C1CCCC(O)(CC(=O)O)C1)Cc1ccc(C(F)(F)F)cc1. The lowest BCUT2D eigenvalue weighted by Gasteiger charge is -2.39. The lowest BCUT2D eigenvalue weighted by molar-refractivity contribution is -0.144. The second kappa shape index (κ2) is 10.3. The molecule has 0 amide bonds. The van der Waals surface area contributed by atoms with Gasteiger partial charge in [0.05, 0.1) is 23.7 Å². The van der Waals surface area contributed by atoms with Crippen molar-refractivity contribution in [1.82, 2.24) is 0 Å². The van der Waals surface area contributed by atoms with Crippen LogP contribution in [0.2, 0.25) is 18.1 Å². The van der Waals surface area contributed by atoms with Gasteiger partial charge < -0.3 is 14.6 Å². The maximum atomic E-state index is 12.9. The third kappa shape index (κ3) is 8.26. The van der Waals surface area contributed by atoms with E-state index in [9.17, 15) is 23.1 Å². The molecule has 1 aromatic carbocycles. The Hall–Kier alpha value is -1.64. The summed E-state index contributed by atoms with van der Waals surface area (Å²) in [6.07, 6.45) is 1.86. The molecule has 3 atom stereocenters. The minimum Gasteiger partial charge on any atom is -0.481 e. The number of rotatable bonds is 8. The van der Waals surface area contributed by atoms with E-state index >= 15 is 0 Å². The molecule has 0 aliphatic heterocycles. The molecule has 0 radical (unpaired) electrons. The first-order valence-electron chi connectivity index (χ1n) is 11.5. The first-order valence-corrected chi connectivity index (χ1v) is 14.4. The van der Waals surface area contributed by atoms with Crippen molar-refractivity contribution in [1.29, 1.82) is 0 Å². The van der Waals surface area contributed by atoms with Crippen molar-refractivity contribution < 1.29 is 32.6 Å². The highest BCUT2D eigenvalue weighted by atomic mass is 28.4. The number of allylic oxidation sites excluding steroid dienone is 1. The van der Waals surface area contributed by atoms with Gasteiger partial charge in [0.1, 0.15) is 0 Å². The molecular weight excluding hydrogens is 449 g/mol. The summed E-state index contributed by atoms with van der Waals surface area (Å²) in [5.74, 6) is -0.982. The van der Waals surface area contributed by atoms with Gasteiger partial charge in [0.25, 0.3) is 0 Å². The molecule has 0 heterocycles. The molecule has 0 saturated heterocycles. The minimum absolute atomic E-state index is 0.0289. The quantitative estimate of drug-likeness (QED) is 0.321. The average molecular weight is 487 g/mol. The van der Waals surface area contributed by atoms with Gasteiger partial charge in [-0.05, 0) is 67.4 Å². The second-order valence-corrected chi connectivity index (χ2v) is 15.6. The number of benzene rings is 1. The zero-order valence-corrected chi connectivity index (χ0v) is 21.2. The molecule has 1 saturated carbocycles. The highest BCUT2D eigenvalue weighted by molar-refractivity contribution is 6.74. The smallest absolute Gasteiger partial charge is 0.416 e. The van der Waals surface area contributed by atoms with E-state index in [1.54, 1.807) is 0 Å². The summed E-state index contributed by atoms with van der Waals surface area (Å²) in [7, 11) is -2.16. The molecule has 2 N–H and O–H groups in total. The first-order chi connectivity index (χ1) is 15.0. The number of hydrogen-bond donors (Lipinski definition) is 2. The number of alkyl halides is 3. The standard InChI is InChI=1S/C25H37F3O4Si/c1-23(2,3)33(4,5)32-21(15-18-8-11-20(12-9-18)25(26,27)28)13-10-19-7-6-14-24(31,16-19)17-22(29)30/h8-13,19,21,31H,6-7,14-17H2,1-5H3,(H,29,30)/b13-10+. The highest BCUT2D eigenvalue weighted by Gasteiger charge is 2.39. The Labute approximate surface area is 196 Å². The van der Waals surface area contributed by atoms with Gasteiger partial charge in [-0.2, -0.15) is 13.2 Å². The number of halogens is 3. The maximum Gasteiger partial charge on any atom is 0.416 e. The summed E-state index contributed by atoms with van der Waals surface area (Å²) in [6, 6.07) is 5.17.